The molecular formula is C7H18NaO7P2+. The van der Waals surface area contributed by atoms with Crippen LogP contribution in [0, 0.1) is 0 Å². The van der Waals surface area contributed by atoms with Crippen molar-refractivity contribution in [2.75, 3.05) is 0 Å². The molecule has 0 aliphatic carbocycles. The molecule has 0 saturated carbocycles. The Hall–Kier alpha value is 1.26. The largest absolute Gasteiger partial charge is 1.00 e. The Kier molecular flexibility index (Phi) is 9.38. The second-order valence-electron chi connectivity index (χ2n) is 3.67. The van der Waals surface area contributed by atoms with E-state index in [1.807, 2.05) is 6.92 Å². The quantitative estimate of drug-likeness (QED) is 0.208. The molecule has 0 spiro atoms. The minimum absolute atomic E-state index is 0. The summed E-state index contributed by atoms with van der Waals surface area (Å²) in [6.45, 7) is 1.91. The summed E-state index contributed by atoms with van der Waals surface area (Å²) in [4.78, 5) is 35.2. The Balaban J connectivity index is 0. The Bertz CT molecular complexity index is 287. The molecule has 0 aliphatic heterocycles. The van der Waals surface area contributed by atoms with Crippen molar-refractivity contribution in [1.29, 1.82) is 0 Å². The summed E-state index contributed by atoms with van der Waals surface area (Å²) >= 11 is 0. The monoisotopic (exact) mass is 300 g/mol. The van der Waals surface area contributed by atoms with Gasteiger partial charge in [0.15, 0.2) is 0 Å². The molecule has 5 N–H and O–H groups in total. The van der Waals surface area contributed by atoms with E-state index in [0.717, 1.165) is 12.8 Å². The van der Waals surface area contributed by atoms with Crippen LogP contribution >= 0.6 is 15.2 Å². The van der Waals surface area contributed by atoms with Crippen molar-refractivity contribution in [3.8, 4) is 0 Å². The van der Waals surface area contributed by atoms with Gasteiger partial charge in [0.25, 0.3) is 5.08 Å². The van der Waals surface area contributed by atoms with E-state index >= 15 is 0 Å². The number of unbranched alkanes of at least 4 members (excludes halogenated alkanes) is 3. The first-order valence-electron chi connectivity index (χ1n) is 4.90. The zero-order valence-electron chi connectivity index (χ0n) is 9.98. The molecule has 0 radical (unpaired) electrons. The molecule has 0 aromatic heterocycles. The molecule has 7 nitrogen and oxygen atoms in total. The molecule has 0 saturated heterocycles. The molecule has 0 aliphatic rings. The van der Waals surface area contributed by atoms with Crippen molar-refractivity contribution < 1.29 is 63.4 Å². The van der Waals surface area contributed by atoms with E-state index in [0.29, 0.717) is 6.42 Å². The molecular weight excluding hydrogens is 282 g/mol. The summed E-state index contributed by atoms with van der Waals surface area (Å²) in [5.74, 6) is 0. The van der Waals surface area contributed by atoms with Gasteiger partial charge in [-0.15, -0.1) is 0 Å². The normalized spacial score (nSPS) is 16.1. The third kappa shape index (κ3) is 5.83. The van der Waals surface area contributed by atoms with Crippen molar-refractivity contribution >= 4 is 15.2 Å². The number of rotatable bonds is 7. The van der Waals surface area contributed by atoms with Gasteiger partial charge in [-0.1, -0.05) is 26.2 Å². The predicted molar refractivity (Wildman–Crippen MR) is 57.8 cm³/mol. The van der Waals surface area contributed by atoms with Crippen LogP contribution < -0.4 is 29.6 Å². The van der Waals surface area contributed by atoms with E-state index in [9.17, 15) is 14.2 Å². The fourth-order valence-electron chi connectivity index (χ4n) is 1.25. The van der Waals surface area contributed by atoms with Crippen LogP contribution in [-0.2, 0) is 9.13 Å². The van der Waals surface area contributed by atoms with Gasteiger partial charge in [-0.2, -0.15) is 0 Å². The topological polar surface area (TPSA) is 135 Å². The number of aliphatic hydroxyl groups is 1. The summed E-state index contributed by atoms with van der Waals surface area (Å²) in [5.41, 5.74) is 0. The second kappa shape index (κ2) is 7.75. The van der Waals surface area contributed by atoms with Crippen LogP contribution in [0.4, 0.5) is 0 Å². The first-order chi connectivity index (χ1) is 7.06. The van der Waals surface area contributed by atoms with Crippen molar-refractivity contribution in [2.45, 2.75) is 44.1 Å². The van der Waals surface area contributed by atoms with E-state index in [-0.39, 0.29) is 36.0 Å². The fraction of sp³-hybridized carbons (Fsp3) is 1.00. The van der Waals surface area contributed by atoms with Crippen LogP contribution in [0.15, 0.2) is 0 Å². The SMILES string of the molecule is CCCCCCC(O)(P(=O)(O)O)[32P](=O)(O)O.[Na+]. The van der Waals surface area contributed by atoms with Gasteiger partial charge in [0.1, 0.15) is 0 Å². The summed E-state index contributed by atoms with van der Waals surface area (Å²) in [6.07, 6.45) is 1.74. The molecule has 0 heterocycles. The summed E-state index contributed by atoms with van der Waals surface area (Å²) in [6, 6.07) is 0. The minimum atomic E-state index is -5.27. The van der Waals surface area contributed by atoms with Crippen LogP contribution in [0.1, 0.15) is 39.0 Å². The molecule has 98 valence electrons. The van der Waals surface area contributed by atoms with Gasteiger partial charge in [0, 0.05) is 0 Å². The van der Waals surface area contributed by atoms with Crippen LogP contribution in [0.25, 0.3) is 0 Å². The smallest absolute Gasteiger partial charge is 0.368 e. The van der Waals surface area contributed by atoms with Gasteiger partial charge in [-0.05, 0) is 12.8 Å². The Morgan fingerprint density at radius 2 is 1.35 bits per heavy atom. The van der Waals surface area contributed by atoms with E-state index in [4.69, 9.17) is 19.6 Å². The molecule has 10 heteroatoms. The van der Waals surface area contributed by atoms with Gasteiger partial charge in [-0.25, -0.2) is 0 Å². The zero-order chi connectivity index (χ0) is 13.0. The Morgan fingerprint density at radius 3 is 1.65 bits per heavy atom. The fourth-order valence-corrected chi connectivity index (χ4v) is 3.51. The summed E-state index contributed by atoms with van der Waals surface area (Å²) < 4.78 is 21.8. The molecule has 0 bridgehead atoms. The van der Waals surface area contributed by atoms with Crippen molar-refractivity contribution in [3.05, 3.63) is 0 Å². The molecule has 0 rings (SSSR count). The van der Waals surface area contributed by atoms with Gasteiger partial charge < -0.3 is 24.7 Å². The molecule has 1 atom stereocenters. The predicted octanol–water partition coefficient (Wildman–Crippen LogP) is -2.04. The molecule has 0 fully saturated rings. The summed E-state index contributed by atoms with van der Waals surface area (Å²) in [5, 5.41) is 6.22. The maximum atomic E-state index is 10.9. The van der Waals surface area contributed by atoms with E-state index in [1.165, 1.54) is 0 Å². The van der Waals surface area contributed by atoms with E-state index < -0.39 is 26.7 Å². The number of hydrogen-bond acceptors (Lipinski definition) is 3. The van der Waals surface area contributed by atoms with Crippen molar-refractivity contribution in [2.24, 2.45) is 0 Å². The average molecular weight is 300 g/mol. The molecule has 0 aromatic carbocycles. The van der Waals surface area contributed by atoms with Crippen molar-refractivity contribution in [3.63, 3.8) is 0 Å². The third-order valence-electron chi connectivity index (χ3n) is 2.30. The van der Waals surface area contributed by atoms with Crippen LogP contribution in [0.2, 0.25) is 0 Å². The second-order valence-corrected chi connectivity index (χ2v) is 7.68. The van der Waals surface area contributed by atoms with Crippen molar-refractivity contribution in [1.82, 2.24) is 0 Å². The Labute approximate surface area is 122 Å². The van der Waals surface area contributed by atoms with Gasteiger partial charge in [0.2, 0.25) is 0 Å². The maximum Gasteiger partial charge on any atom is 1.00 e. The molecule has 17 heavy (non-hydrogen) atoms. The number of hydrogen-bond donors (Lipinski definition) is 5. The standard InChI is InChI=1S/C7H18O7P2.Na/c1-2-3-4-5-6-7(8,15(9,10)11)16(12,13)14;/h8H,2-6H2,1H3,(H2,9,10,11)(H2,12,13,14);/q;+1/i15+1;. The Morgan fingerprint density at radius 1 is 0.941 bits per heavy atom. The first-order valence-corrected chi connectivity index (χ1v) is 8.12. The van der Waals surface area contributed by atoms with Crippen LogP contribution in [0.5, 0.6) is 0 Å². The van der Waals surface area contributed by atoms with Gasteiger partial charge in [0.05, 0.1) is 0 Å². The minimum Gasteiger partial charge on any atom is -0.368 e. The third-order valence-corrected chi connectivity index (χ3v) is 6.18. The molecule has 1 unspecified atom stereocenters. The summed E-state index contributed by atoms with van der Waals surface area (Å²) in [7, 11) is -10.5. The van der Waals surface area contributed by atoms with Gasteiger partial charge >= 0.3 is 44.7 Å². The van der Waals surface area contributed by atoms with E-state index in [2.05, 4.69) is 0 Å². The first kappa shape index (κ1) is 20.6. The molecule has 0 amide bonds. The van der Waals surface area contributed by atoms with Crippen LogP contribution in [-0.4, -0.2) is 29.8 Å². The van der Waals surface area contributed by atoms with Crippen LogP contribution in [0.3, 0.4) is 0 Å². The zero-order valence-corrected chi connectivity index (χ0v) is 13.8. The average Bonchev–Trinajstić information content (AvgIpc) is 2.08. The van der Waals surface area contributed by atoms with E-state index in [1.54, 1.807) is 0 Å². The maximum absolute atomic E-state index is 10.9. The van der Waals surface area contributed by atoms with Gasteiger partial charge in [-0.3, -0.25) is 9.13 Å². The molecule has 0 aromatic rings.